The maximum Gasteiger partial charge on any atom is 0.246 e. The van der Waals surface area contributed by atoms with Gasteiger partial charge in [-0.25, -0.2) is 0 Å². The van der Waals surface area contributed by atoms with Gasteiger partial charge in [0.05, 0.1) is 19.8 Å². The highest BCUT2D eigenvalue weighted by Gasteiger charge is 2.33. The molecule has 242 valence electrons. The maximum absolute atomic E-state index is 12.4. The lowest BCUT2D eigenvalue weighted by molar-refractivity contribution is -0.124. The lowest BCUT2D eigenvalue weighted by atomic mass is 10.0. The van der Waals surface area contributed by atoms with Crippen LogP contribution in [-0.4, -0.2) is 96.4 Å². The van der Waals surface area contributed by atoms with E-state index in [4.69, 9.17) is 14.2 Å². The minimum atomic E-state index is -0.908. The minimum Gasteiger partial charge on any atom is -0.379 e. The van der Waals surface area contributed by atoms with E-state index >= 15 is 0 Å². The zero-order valence-corrected chi connectivity index (χ0v) is 26.8. The van der Waals surface area contributed by atoms with Crippen LogP contribution >= 0.6 is 0 Å². The Hall–Kier alpha value is -3.12. The summed E-state index contributed by atoms with van der Waals surface area (Å²) in [5.41, 5.74) is 1.65. The summed E-state index contributed by atoms with van der Waals surface area (Å²) in [7, 11) is 1.87. The average Bonchev–Trinajstić information content (AvgIpc) is 2.92. The number of nitrogens with one attached hydrogen (secondary N) is 4. The monoisotopic (exact) mass is 596 g/mol. The number of hydrogen-bond acceptors (Lipinski definition) is 8. The van der Waals surface area contributed by atoms with Crippen LogP contribution in [0, 0.1) is 0 Å². The van der Waals surface area contributed by atoms with Gasteiger partial charge in [0.15, 0.2) is 0 Å². The van der Waals surface area contributed by atoms with E-state index < -0.39 is 5.54 Å². The Bertz CT molecular complexity index is 826. The van der Waals surface area contributed by atoms with Crippen LogP contribution in [-0.2, 0) is 33.4 Å². The molecule has 0 aliphatic rings. The van der Waals surface area contributed by atoms with Crippen molar-refractivity contribution in [1.82, 2.24) is 21.3 Å². The van der Waals surface area contributed by atoms with Crippen molar-refractivity contribution in [2.45, 2.75) is 59.4 Å². The zero-order valence-electron chi connectivity index (χ0n) is 26.8. The number of carbonyl (C=O) groups excluding carboxylic acids is 4. The molecule has 0 aromatic carbocycles. The predicted octanol–water partition coefficient (Wildman–Crippen LogP) is 2.64. The van der Waals surface area contributed by atoms with Crippen LogP contribution < -0.4 is 21.3 Å². The average molecular weight is 597 g/mol. The number of ether oxygens (including phenoxy) is 3. The molecule has 4 N–H and O–H groups in total. The quantitative estimate of drug-likeness (QED) is 0.0610. The van der Waals surface area contributed by atoms with E-state index in [2.05, 4.69) is 47.6 Å². The Labute approximate surface area is 253 Å². The summed E-state index contributed by atoms with van der Waals surface area (Å²) in [6.07, 6.45) is 3.42. The molecule has 1 atom stereocenters. The van der Waals surface area contributed by atoms with Crippen LogP contribution in [0.4, 0.5) is 0 Å². The van der Waals surface area contributed by atoms with E-state index in [1.165, 1.54) is 5.57 Å². The Morgan fingerprint density at radius 1 is 0.714 bits per heavy atom. The Morgan fingerprint density at radius 2 is 1.12 bits per heavy atom. The second-order valence-corrected chi connectivity index (χ2v) is 10.1. The van der Waals surface area contributed by atoms with E-state index in [1.807, 2.05) is 20.9 Å². The van der Waals surface area contributed by atoms with Crippen LogP contribution in [0.25, 0.3) is 0 Å². The molecule has 0 aromatic rings. The molecule has 0 heterocycles. The van der Waals surface area contributed by atoms with Gasteiger partial charge in [-0.1, -0.05) is 25.3 Å². The standard InChI is InChI=1S/C23H42N4O6.C4H6O.C4H8/c1-19(2)21(29)26-11-8-14-33-17-23(27-22(30)20(3)4,15-31-12-6-9-24-5)16-32-13-7-10-25-18-28;1-4(2)3-5;1-4(2)3/h18,24H,1,3,6-17H2,2,4-5H3,(H,25,28)(H,26,29)(H,27,30);3H,1H2,2H3;1H2,2-3H3. The largest absolute Gasteiger partial charge is 0.379 e. The molecule has 1 unspecified atom stereocenters. The molecule has 0 aliphatic carbocycles. The number of amides is 3. The molecule has 11 nitrogen and oxygen atoms in total. The van der Waals surface area contributed by atoms with Crippen molar-refractivity contribution in [3.8, 4) is 0 Å². The summed E-state index contributed by atoms with van der Waals surface area (Å²) in [6.45, 7) is 26.7. The summed E-state index contributed by atoms with van der Waals surface area (Å²) in [4.78, 5) is 43.8. The second-order valence-electron chi connectivity index (χ2n) is 10.1. The van der Waals surface area contributed by atoms with E-state index in [1.54, 1.807) is 20.8 Å². The Balaban J connectivity index is -0.00000146. The second kappa shape index (κ2) is 29.4. The number of rotatable bonds is 23. The van der Waals surface area contributed by atoms with Gasteiger partial charge in [-0.15, -0.1) is 6.58 Å². The summed E-state index contributed by atoms with van der Waals surface area (Å²) >= 11 is 0. The first kappa shape index (κ1) is 43.3. The van der Waals surface area contributed by atoms with Crippen molar-refractivity contribution in [1.29, 1.82) is 0 Å². The zero-order chi connectivity index (χ0) is 32.8. The van der Waals surface area contributed by atoms with Crippen molar-refractivity contribution < 1.29 is 33.4 Å². The third-order valence-electron chi connectivity index (χ3n) is 4.65. The highest BCUT2D eigenvalue weighted by molar-refractivity contribution is 5.92. The van der Waals surface area contributed by atoms with E-state index in [0.717, 1.165) is 19.3 Å². The van der Waals surface area contributed by atoms with Crippen LogP contribution in [0.1, 0.15) is 53.9 Å². The first-order valence-corrected chi connectivity index (χ1v) is 14.0. The fourth-order valence-corrected chi connectivity index (χ4v) is 2.60. The molecule has 0 spiro atoms. The molecule has 0 aromatic heterocycles. The van der Waals surface area contributed by atoms with E-state index in [-0.39, 0.29) is 31.6 Å². The minimum absolute atomic E-state index is 0.166. The van der Waals surface area contributed by atoms with E-state index in [9.17, 15) is 19.2 Å². The lowest BCUT2D eigenvalue weighted by Crippen LogP contribution is -2.59. The normalized spacial score (nSPS) is 11.2. The smallest absolute Gasteiger partial charge is 0.246 e. The first-order chi connectivity index (χ1) is 19.8. The van der Waals surface area contributed by atoms with Gasteiger partial charge in [0.25, 0.3) is 0 Å². The van der Waals surface area contributed by atoms with Gasteiger partial charge in [0.2, 0.25) is 18.2 Å². The number of carbonyl (C=O) groups is 4. The Kier molecular flexibility index (Phi) is 30.3. The molecule has 0 aliphatic heterocycles. The number of hydrogen-bond donors (Lipinski definition) is 4. The molecule has 0 saturated heterocycles. The number of allylic oxidation sites excluding steroid dienone is 2. The molecule has 0 fully saturated rings. The Morgan fingerprint density at radius 3 is 1.48 bits per heavy atom. The third kappa shape index (κ3) is 31.4. The van der Waals surface area contributed by atoms with Gasteiger partial charge >= 0.3 is 0 Å². The van der Waals surface area contributed by atoms with Crippen LogP contribution in [0.15, 0.2) is 48.6 Å². The molecular formula is C31H56N4O7. The SMILES string of the molecule is C=C(C)C.C=C(C)C(=O)NCCCOCC(COCCCNC)(COCCCNC=O)NC(=O)C(=C)C.C=C(C)C=O. The van der Waals surface area contributed by atoms with Gasteiger partial charge in [-0.2, -0.15) is 0 Å². The molecule has 0 saturated carbocycles. The lowest BCUT2D eigenvalue weighted by Gasteiger charge is -2.34. The van der Waals surface area contributed by atoms with Crippen LogP contribution in [0.2, 0.25) is 0 Å². The summed E-state index contributed by atoms with van der Waals surface area (Å²) in [6, 6.07) is 0. The molecule has 3 amide bonds. The fraction of sp³-hybridized carbons (Fsp3) is 0.613. The van der Waals surface area contributed by atoms with E-state index in [0.29, 0.717) is 68.9 Å². The fourth-order valence-electron chi connectivity index (χ4n) is 2.60. The van der Waals surface area contributed by atoms with Gasteiger partial charge < -0.3 is 35.5 Å². The predicted molar refractivity (Wildman–Crippen MR) is 169 cm³/mol. The van der Waals surface area contributed by atoms with Gasteiger partial charge in [-0.05, 0) is 73.0 Å². The third-order valence-corrected chi connectivity index (χ3v) is 4.65. The molecule has 0 bridgehead atoms. The highest BCUT2D eigenvalue weighted by atomic mass is 16.5. The van der Waals surface area contributed by atoms with Crippen molar-refractivity contribution in [3.05, 3.63) is 48.6 Å². The van der Waals surface area contributed by atoms with Crippen molar-refractivity contribution in [3.63, 3.8) is 0 Å². The van der Waals surface area contributed by atoms with Crippen molar-refractivity contribution in [2.24, 2.45) is 0 Å². The number of aldehydes is 1. The molecule has 11 heteroatoms. The summed E-state index contributed by atoms with van der Waals surface area (Å²) < 4.78 is 17.5. The van der Waals surface area contributed by atoms with Gasteiger partial charge in [-0.3, -0.25) is 19.2 Å². The maximum atomic E-state index is 12.4. The summed E-state index contributed by atoms with van der Waals surface area (Å²) in [5.74, 6) is -0.497. The summed E-state index contributed by atoms with van der Waals surface area (Å²) in [5, 5.41) is 11.4. The molecule has 0 rings (SSSR count). The first-order valence-electron chi connectivity index (χ1n) is 14.0. The van der Waals surface area contributed by atoms with Gasteiger partial charge in [0, 0.05) is 44.1 Å². The molecule has 0 radical (unpaired) electrons. The molecule has 42 heavy (non-hydrogen) atoms. The van der Waals surface area contributed by atoms with Crippen LogP contribution in [0.5, 0.6) is 0 Å². The highest BCUT2D eigenvalue weighted by Crippen LogP contribution is 2.11. The molecular weight excluding hydrogens is 540 g/mol. The van der Waals surface area contributed by atoms with Gasteiger partial charge in [0.1, 0.15) is 11.8 Å². The van der Waals surface area contributed by atoms with Crippen LogP contribution in [0.3, 0.4) is 0 Å². The van der Waals surface area contributed by atoms with Crippen molar-refractivity contribution >= 4 is 24.5 Å². The van der Waals surface area contributed by atoms with Crippen molar-refractivity contribution in [2.75, 3.05) is 66.3 Å². The topological polar surface area (TPSA) is 144 Å².